The SMILES string of the molecule is CCc1c(-c2cccc(O)c2)nc2c(c(C)nn2C(C)C)c1NC1CCOCC1. The van der Waals surface area contributed by atoms with Crippen LogP contribution in [0, 0.1) is 6.92 Å². The number of hydrogen-bond acceptors (Lipinski definition) is 5. The second-order valence-electron chi connectivity index (χ2n) is 8.07. The number of aromatic hydroxyl groups is 1. The van der Waals surface area contributed by atoms with Crippen molar-refractivity contribution >= 4 is 16.7 Å². The molecule has 1 saturated heterocycles. The number of ether oxygens (including phenoxy) is 1. The molecule has 6 heteroatoms. The van der Waals surface area contributed by atoms with Gasteiger partial charge in [0, 0.05) is 36.4 Å². The van der Waals surface area contributed by atoms with Crippen LogP contribution in [-0.4, -0.2) is 39.1 Å². The molecule has 2 aromatic heterocycles. The number of nitrogens with zero attached hydrogens (tertiary/aromatic N) is 3. The maximum Gasteiger partial charge on any atom is 0.161 e. The van der Waals surface area contributed by atoms with Crippen molar-refractivity contribution in [2.24, 2.45) is 0 Å². The van der Waals surface area contributed by atoms with Gasteiger partial charge in [-0.1, -0.05) is 19.1 Å². The largest absolute Gasteiger partial charge is 0.508 e. The van der Waals surface area contributed by atoms with E-state index in [1.165, 1.54) is 5.56 Å². The molecule has 0 radical (unpaired) electrons. The number of benzene rings is 1. The number of aryl methyl sites for hydroxylation is 1. The van der Waals surface area contributed by atoms with Crippen LogP contribution in [-0.2, 0) is 11.2 Å². The first kappa shape index (κ1) is 19.7. The lowest BCUT2D eigenvalue weighted by molar-refractivity contribution is 0.0904. The van der Waals surface area contributed by atoms with Crippen LogP contribution < -0.4 is 5.32 Å². The summed E-state index contributed by atoms with van der Waals surface area (Å²) in [5, 5.41) is 19.8. The highest BCUT2D eigenvalue weighted by atomic mass is 16.5. The molecular weight excluding hydrogens is 364 g/mol. The van der Waals surface area contributed by atoms with Crippen molar-refractivity contribution < 1.29 is 9.84 Å². The minimum Gasteiger partial charge on any atom is -0.508 e. The number of phenols is 1. The van der Waals surface area contributed by atoms with Crippen molar-refractivity contribution in [2.45, 2.75) is 59.0 Å². The minimum absolute atomic E-state index is 0.208. The zero-order valence-electron chi connectivity index (χ0n) is 17.7. The van der Waals surface area contributed by atoms with E-state index in [0.29, 0.717) is 6.04 Å². The molecule has 0 aliphatic carbocycles. The molecule has 0 amide bonds. The number of fused-ring (bicyclic) bond motifs is 1. The normalized spacial score (nSPS) is 15.3. The molecule has 4 rings (SSSR count). The molecule has 1 aliphatic heterocycles. The molecule has 29 heavy (non-hydrogen) atoms. The van der Waals surface area contributed by atoms with Crippen molar-refractivity contribution in [2.75, 3.05) is 18.5 Å². The Hall–Kier alpha value is -2.60. The van der Waals surface area contributed by atoms with Gasteiger partial charge in [-0.15, -0.1) is 0 Å². The Bertz CT molecular complexity index is 1020. The molecule has 2 N–H and O–H groups in total. The summed E-state index contributed by atoms with van der Waals surface area (Å²) in [4.78, 5) is 5.08. The fourth-order valence-corrected chi connectivity index (χ4v) is 4.18. The predicted molar refractivity (Wildman–Crippen MR) is 117 cm³/mol. The van der Waals surface area contributed by atoms with E-state index in [1.54, 1.807) is 12.1 Å². The van der Waals surface area contributed by atoms with Crippen LogP contribution in [0.2, 0.25) is 0 Å². The summed E-state index contributed by atoms with van der Waals surface area (Å²) in [5.74, 6) is 0.249. The van der Waals surface area contributed by atoms with Gasteiger partial charge >= 0.3 is 0 Å². The third-order valence-electron chi connectivity index (χ3n) is 5.65. The van der Waals surface area contributed by atoms with E-state index in [-0.39, 0.29) is 11.8 Å². The topological polar surface area (TPSA) is 72.2 Å². The van der Waals surface area contributed by atoms with Crippen molar-refractivity contribution in [3.05, 3.63) is 35.5 Å². The molecule has 154 valence electrons. The maximum absolute atomic E-state index is 10.1. The fourth-order valence-electron chi connectivity index (χ4n) is 4.18. The second-order valence-corrected chi connectivity index (χ2v) is 8.07. The third-order valence-corrected chi connectivity index (χ3v) is 5.65. The molecule has 3 aromatic rings. The Morgan fingerprint density at radius 1 is 1.28 bits per heavy atom. The second kappa shape index (κ2) is 8.03. The lowest BCUT2D eigenvalue weighted by Gasteiger charge is -2.26. The molecule has 0 bridgehead atoms. The lowest BCUT2D eigenvalue weighted by atomic mass is 9.98. The highest BCUT2D eigenvalue weighted by molar-refractivity contribution is 5.97. The number of hydrogen-bond donors (Lipinski definition) is 2. The molecule has 6 nitrogen and oxygen atoms in total. The number of nitrogens with one attached hydrogen (secondary N) is 1. The number of phenolic OH excluding ortho intramolecular Hbond substituents is 1. The number of aromatic nitrogens is 3. The summed E-state index contributed by atoms with van der Waals surface area (Å²) in [6.45, 7) is 10.0. The number of rotatable bonds is 5. The van der Waals surface area contributed by atoms with E-state index in [9.17, 15) is 5.11 Å². The zero-order chi connectivity index (χ0) is 20.5. The Kier molecular flexibility index (Phi) is 5.46. The van der Waals surface area contributed by atoms with Crippen LogP contribution in [0.3, 0.4) is 0 Å². The summed E-state index contributed by atoms with van der Waals surface area (Å²) in [6, 6.07) is 7.93. The van der Waals surface area contributed by atoms with E-state index in [2.05, 4.69) is 33.0 Å². The summed E-state index contributed by atoms with van der Waals surface area (Å²) in [6.07, 6.45) is 2.82. The number of anilines is 1. The smallest absolute Gasteiger partial charge is 0.161 e. The van der Waals surface area contributed by atoms with Gasteiger partial charge in [-0.3, -0.25) is 0 Å². The molecule has 0 unspecified atom stereocenters. The molecule has 3 heterocycles. The highest BCUT2D eigenvalue weighted by Gasteiger charge is 2.24. The fraction of sp³-hybridized carbons (Fsp3) is 0.478. The van der Waals surface area contributed by atoms with E-state index < -0.39 is 0 Å². The molecule has 1 fully saturated rings. The van der Waals surface area contributed by atoms with Crippen LogP contribution in [0.25, 0.3) is 22.3 Å². The van der Waals surface area contributed by atoms with Gasteiger partial charge in [0.15, 0.2) is 5.65 Å². The summed E-state index contributed by atoms with van der Waals surface area (Å²) < 4.78 is 7.56. The van der Waals surface area contributed by atoms with Crippen LogP contribution in [0.1, 0.15) is 50.9 Å². The third kappa shape index (κ3) is 3.69. The Morgan fingerprint density at radius 2 is 2.03 bits per heavy atom. The van der Waals surface area contributed by atoms with Gasteiger partial charge in [-0.2, -0.15) is 5.10 Å². The van der Waals surface area contributed by atoms with Crippen LogP contribution in [0.15, 0.2) is 24.3 Å². The number of pyridine rings is 1. The average molecular weight is 395 g/mol. The van der Waals surface area contributed by atoms with E-state index in [4.69, 9.17) is 14.8 Å². The quantitative estimate of drug-likeness (QED) is 0.647. The van der Waals surface area contributed by atoms with Gasteiger partial charge < -0.3 is 15.2 Å². The van der Waals surface area contributed by atoms with E-state index in [1.807, 2.05) is 16.8 Å². The van der Waals surface area contributed by atoms with Gasteiger partial charge in [0.1, 0.15) is 5.75 Å². The summed E-state index contributed by atoms with van der Waals surface area (Å²) in [7, 11) is 0. The van der Waals surface area contributed by atoms with Gasteiger partial charge in [-0.05, 0) is 52.2 Å². The molecule has 0 saturated carbocycles. The molecule has 1 aliphatic rings. The maximum atomic E-state index is 10.1. The van der Waals surface area contributed by atoms with Crippen molar-refractivity contribution in [1.82, 2.24) is 14.8 Å². The average Bonchev–Trinajstić information content (AvgIpc) is 3.05. The Labute approximate surface area is 171 Å². The zero-order valence-corrected chi connectivity index (χ0v) is 17.7. The van der Waals surface area contributed by atoms with Gasteiger partial charge in [-0.25, -0.2) is 9.67 Å². The van der Waals surface area contributed by atoms with Gasteiger partial charge in [0.2, 0.25) is 0 Å². The first-order chi connectivity index (χ1) is 14.0. The van der Waals surface area contributed by atoms with Crippen molar-refractivity contribution in [3.63, 3.8) is 0 Å². The van der Waals surface area contributed by atoms with Crippen molar-refractivity contribution in [3.8, 4) is 17.0 Å². The molecule has 0 spiro atoms. The van der Waals surface area contributed by atoms with Gasteiger partial charge in [0.25, 0.3) is 0 Å². The van der Waals surface area contributed by atoms with Crippen LogP contribution in [0.5, 0.6) is 5.75 Å². The first-order valence-electron chi connectivity index (χ1n) is 10.5. The summed E-state index contributed by atoms with van der Waals surface area (Å²) in [5.41, 5.74) is 6.02. The predicted octanol–water partition coefficient (Wildman–Crippen LogP) is 4.85. The first-order valence-corrected chi connectivity index (χ1v) is 10.5. The molecular formula is C23H30N4O2. The minimum atomic E-state index is 0.208. The van der Waals surface area contributed by atoms with Gasteiger partial charge in [0.05, 0.1) is 22.5 Å². The van der Waals surface area contributed by atoms with Crippen LogP contribution >= 0.6 is 0 Å². The molecule has 0 atom stereocenters. The highest BCUT2D eigenvalue weighted by Crippen LogP contribution is 2.38. The van der Waals surface area contributed by atoms with E-state index >= 15 is 0 Å². The van der Waals surface area contributed by atoms with E-state index in [0.717, 1.165) is 66.1 Å². The molecule has 1 aromatic carbocycles. The summed E-state index contributed by atoms with van der Waals surface area (Å²) >= 11 is 0. The van der Waals surface area contributed by atoms with Crippen LogP contribution in [0.4, 0.5) is 5.69 Å². The van der Waals surface area contributed by atoms with Crippen molar-refractivity contribution in [1.29, 1.82) is 0 Å². The Balaban J connectivity index is 1.98. The Morgan fingerprint density at radius 3 is 2.69 bits per heavy atom. The lowest BCUT2D eigenvalue weighted by Crippen LogP contribution is -2.28. The standard InChI is InChI=1S/C23H30N4O2/c1-5-19-21(16-7-6-8-18(28)13-16)25-23-20(15(4)26-27(23)14(2)3)22(19)24-17-9-11-29-12-10-17/h6-8,13-14,17,28H,5,9-12H2,1-4H3,(H,24,25). The monoisotopic (exact) mass is 394 g/mol.